The number of piperazine rings is 1. The molecule has 0 atom stereocenters. The maximum atomic E-state index is 14.3. The molecular weight excluding hydrogens is 412 g/mol. The van der Waals surface area contributed by atoms with Crippen molar-refractivity contribution in [3.63, 3.8) is 0 Å². The van der Waals surface area contributed by atoms with E-state index in [-0.39, 0.29) is 12.5 Å². The van der Waals surface area contributed by atoms with Crippen molar-refractivity contribution in [2.24, 2.45) is 0 Å². The van der Waals surface area contributed by atoms with Gasteiger partial charge >= 0.3 is 0 Å². The summed E-state index contributed by atoms with van der Waals surface area (Å²) in [6.07, 6.45) is 1.54. The number of halogens is 2. The number of aryl methyl sites for hydroxylation is 1. The van der Waals surface area contributed by atoms with E-state index in [1.54, 1.807) is 16.7 Å². The third-order valence-electron chi connectivity index (χ3n) is 6.11. The van der Waals surface area contributed by atoms with Crippen molar-refractivity contribution in [2.45, 2.75) is 13.5 Å². The van der Waals surface area contributed by atoms with Gasteiger partial charge in [0.15, 0.2) is 5.58 Å². The third-order valence-corrected chi connectivity index (χ3v) is 6.11. The smallest absolute Gasteiger partial charge is 0.270 e. The summed E-state index contributed by atoms with van der Waals surface area (Å²) in [5.41, 5.74) is 4.41. The van der Waals surface area contributed by atoms with E-state index in [2.05, 4.69) is 24.0 Å². The van der Waals surface area contributed by atoms with E-state index < -0.39 is 11.6 Å². The Bertz CT molecular complexity index is 1290. The zero-order valence-corrected chi connectivity index (χ0v) is 17.7. The number of fused-ring (bicyclic) bond motifs is 1. The molecule has 1 saturated heterocycles. The van der Waals surface area contributed by atoms with Crippen molar-refractivity contribution in [2.75, 3.05) is 31.1 Å². The second kappa shape index (κ2) is 8.15. The molecule has 0 unspecified atom stereocenters. The summed E-state index contributed by atoms with van der Waals surface area (Å²) in [6.45, 7) is 4.85. The number of aromatic nitrogens is 1. The number of hydrogen-bond acceptors (Lipinski definition) is 3. The number of carbonyl (C=O) groups excluding carboxylic acids is 1. The van der Waals surface area contributed by atoms with Crippen molar-refractivity contribution in [1.29, 1.82) is 0 Å². The van der Waals surface area contributed by atoms with Gasteiger partial charge in [0.1, 0.15) is 17.3 Å². The van der Waals surface area contributed by atoms with Crippen LogP contribution in [0.2, 0.25) is 0 Å². The van der Waals surface area contributed by atoms with Crippen LogP contribution in [-0.2, 0) is 6.54 Å². The molecule has 5 rings (SSSR count). The van der Waals surface area contributed by atoms with Gasteiger partial charge in [0.05, 0.1) is 18.3 Å². The number of hydrogen-bond donors (Lipinski definition) is 0. The summed E-state index contributed by atoms with van der Waals surface area (Å²) in [5, 5.41) is 0. The van der Waals surface area contributed by atoms with Gasteiger partial charge in [-0.3, -0.25) is 4.79 Å². The number of carbonyl (C=O) groups is 1. The average Bonchev–Trinajstić information content (AvgIpc) is 3.38. The van der Waals surface area contributed by atoms with Crippen LogP contribution in [0, 0.1) is 18.6 Å². The summed E-state index contributed by atoms with van der Waals surface area (Å²) in [4.78, 5) is 17.5. The lowest BCUT2D eigenvalue weighted by Crippen LogP contribution is -2.49. The van der Waals surface area contributed by atoms with E-state index in [1.165, 1.54) is 29.6 Å². The van der Waals surface area contributed by atoms with Crippen LogP contribution in [-0.4, -0.2) is 41.6 Å². The van der Waals surface area contributed by atoms with Crippen molar-refractivity contribution < 1.29 is 18.0 Å². The Morgan fingerprint density at radius 1 is 1.00 bits per heavy atom. The number of nitrogens with zero attached hydrogens (tertiary/aromatic N) is 3. The predicted octanol–water partition coefficient (Wildman–Crippen LogP) is 4.83. The van der Waals surface area contributed by atoms with Crippen LogP contribution >= 0.6 is 0 Å². The molecule has 1 aliphatic heterocycles. The summed E-state index contributed by atoms with van der Waals surface area (Å²) >= 11 is 0. The van der Waals surface area contributed by atoms with Crippen LogP contribution in [0.25, 0.3) is 11.1 Å². The van der Waals surface area contributed by atoms with Gasteiger partial charge in [-0.05, 0) is 24.6 Å². The molecule has 0 aliphatic carbocycles. The molecule has 32 heavy (non-hydrogen) atoms. The van der Waals surface area contributed by atoms with Gasteiger partial charge in [-0.25, -0.2) is 8.78 Å². The second-order valence-electron chi connectivity index (χ2n) is 8.09. The molecule has 2 aromatic carbocycles. The zero-order chi connectivity index (χ0) is 22.2. The third kappa shape index (κ3) is 3.64. The van der Waals surface area contributed by atoms with Crippen molar-refractivity contribution in [3.05, 3.63) is 89.3 Å². The van der Waals surface area contributed by atoms with E-state index in [0.29, 0.717) is 35.4 Å². The molecule has 164 valence electrons. The van der Waals surface area contributed by atoms with Crippen LogP contribution in [0.15, 0.2) is 65.3 Å². The molecule has 7 heteroatoms. The van der Waals surface area contributed by atoms with Crippen LogP contribution in [0.3, 0.4) is 0 Å². The number of furan rings is 1. The highest BCUT2D eigenvalue weighted by Gasteiger charge is 2.27. The van der Waals surface area contributed by atoms with E-state index in [4.69, 9.17) is 4.42 Å². The van der Waals surface area contributed by atoms with Crippen molar-refractivity contribution in [3.8, 4) is 0 Å². The Hall–Kier alpha value is -3.61. The van der Waals surface area contributed by atoms with E-state index in [9.17, 15) is 13.6 Å². The Morgan fingerprint density at radius 3 is 2.53 bits per heavy atom. The number of rotatable bonds is 4. The first-order valence-electron chi connectivity index (χ1n) is 10.6. The lowest BCUT2D eigenvalue weighted by Gasteiger charge is -2.37. The topological polar surface area (TPSA) is 41.6 Å². The molecule has 1 fully saturated rings. The first-order valence-corrected chi connectivity index (χ1v) is 10.6. The van der Waals surface area contributed by atoms with E-state index in [0.717, 1.165) is 19.2 Å². The first-order chi connectivity index (χ1) is 15.5. The van der Waals surface area contributed by atoms with Gasteiger partial charge in [-0.1, -0.05) is 24.3 Å². The Kier molecular flexibility index (Phi) is 5.17. The van der Waals surface area contributed by atoms with Crippen molar-refractivity contribution in [1.82, 2.24) is 9.47 Å². The van der Waals surface area contributed by atoms with Gasteiger partial charge in [-0.2, -0.15) is 0 Å². The highest BCUT2D eigenvalue weighted by molar-refractivity contribution is 5.97. The molecule has 0 N–H and O–H groups in total. The fraction of sp³-hybridized carbons (Fsp3) is 0.240. The van der Waals surface area contributed by atoms with Gasteiger partial charge in [-0.15, -0.1) is 0 Å². The quantitative estimate of drug-likeness (QED) is 0.461. The average molecular weight is 435 g/mol. The molecule has 4 aromatic rings. The largest absolute Gasteiger partial charge is 0.463 e. The van der Waals surface area contributed by atoms with Gasteiger partial charge in [0, 0.05) is 55.6 Å². The Balaban J connectivity index is 1.39. The maximum absolute atomic E-state index is 14.3. The van der Waals surface area contributed by atoms with Gasteiger partial charge in [0.25, 0.3) is 5.91 Å². The van der Waals surface area contributed by atoms with Gasteiger partial charge in [0.2, 0.25) is 0 Å². The molecule has 5 nitrogen and oxygen atoms in total. The van der Waals surface area contributed by atoms with Crippen LogP contribution in [0.5, 0.6) is 0 Å². The van der Waals surface area contributed by atoms with Gasteiger partial charge < -0.3 is 18.8 Å². The fourth-order valence-corrected chi connectivity index (χ4v) is 4.38. The predicted molar refractivity (Wildman–Crippen MR) is 119 cm³/mol. The highest BCUT2D eigenvalue weighted by atomic mass is 19.1. The molecular formula is C25H23F2N3O2. The normalized spacial score (nSPS) is 14.3. The van der Waals surface area contributed by atoms with E-state index in [1.807, 2.05) is 17.0 Å². The Morgan fingerprint density at radius 2 is 1.78 bits per heavy atom. The molecule has 2 aromatic heterocycles. The summed E-state index contributed by atoms with van der Waals surface area (Å²) in [5.74, 6) is -1.39. The lowest BCUT2D eigenvalue weighted by molar-refractivity contribution is 0.0736. The van der Waals surface area contributed by atoms with Crippen LogP contribution in [0.4, 0.5) is 14.5 Å². The monoisotopic (exact) mass is 435 g/mol. The minimum atomic E-state index is -0.638. The standard InChI is InChI=1S/C25H23F2N3O2/c1-17-4-2-3-5-21(17)28-9-11-29(12-10-28)25(31)23-15-24-22(8-13-32-24)30(23)16-18-6-7-19(26)14-20(18)27/h2-8,13-15H,9-12,16H2,1H3. The molecule has 0 bridgehead atoms. The molecule has 0 saturated carbocycles. The number of amides is 1. The molecule has 1 amide bonds. The summed E-state index contributed by atoms with van der Waals surface area (Å²) in [6, 6.07) is 15.2. The summed E-state index contributed by atoms with van der Waals surface area (Å²) < 4.78 is 34.9. The number of para-hydroxylation sites is 1. The summed E-state index contributed by atoms with van der Waals surface area (Å²) in [7, 11) is 0. The Labute approximate surface area is 184 Å². The van der Waals surface area contributed by atoms with E-state index >= 15 is 0 Å². The van der Waals surface area contributed by atoms with Crippen molar-refractivity contribution >= 4 is 22.7 Å². The minimum absolute atomic E-state index is 0.111. The first kappa shape index (κ1) is 20.3. The van der Waals surface area contributed by atoms with Crippen LogP contribution < -0.4 is 4.90 Å². The molecule has 3 heterocycles. The lowest BCUT2D eigenvalue weighted by atomic mass is 10.1. The molecule has 0 spiro atoms. The number of benzene rings is 2. The molecule has 1 aliphatic rings. The second-order valence-corrected chi connectivity index (χ2v) is 8.09. The minimum Gasteiger partial charge on any atom is -0.463 e. The highest BCUT2D eigenvalue weighted by Crippen LogP contribution is 2.26. The molecule has 0 radical (unpaired) electrons. The zero-order valence-electron chi connectivity index (χ0n) is 17.7. The number of anilines is 1. The van der Waals surface area contributed by atoms with Crippen LogP contribution in [0.1, 0.15) is 21.6 Å². The maximum Gasteiger partial charge on any atom is 0.270 e. The SMILES string of the molecule is Cc1ccccc1N1CCN(C(=O)c2cc3occc3n2Cc2ccc(F)cc2F)CC1. The fourth-order valence-electron chi connectivity index (χ4n) is 4.38.